The van der Waals surface area contributed by atoms with Crippen LogP contribution in [0.25, 0.3) is 0 Å². The minimum Gasteiger partial charge on any atom is -0.392 e. The van der Waals surface area contributed by atoms with Gasteiger partial charge in [0, 0.05) is 11.8 Å². The first-order valence-corrected chi connectivity index (χ1v) is 3.50. The van der Waals surface area contributed by atoms with Crippen LogP contribution < -0.4 is 0 Å². The zero-order valence-electron chi connectivity index (χ0n) is 6.59. The highest BCUT2D eigenvalue weighted by molar-refractivity contribution is 5.28. The third kappa shape index (κ3) is 1.58. The van der Waals surface area contributed by atoms with Crippen molar-refractivity contribution in [3.8, 4) is 0 Å². The Bertz CT molecular complexity index is 276. The van der Waals surface area contributed by atoms with Crippen molar-refractivity contribution in [1.29, 1.82) is 0 Å². The van der Waals surface area contributed by atoms with Crippen LogP contribution in [0, 0.1) is 6.92 Å². The second-order valence-electron chi connectivity index (χ2n) is 2.45. The molecule has 0 atom stereocenters. The Morgan fingerprint density at radius 3 is 2.67 bits per heavy atom. The molecule has 0 spiro atoms. The number of hydrogen-bond acceptors (Lipinski definition) is 2. The molecule has 12 heavy (non-hydrogen) atoms. The first kappa shape index (κ1) is 9.06. The van der Waals surface area contributed by atoms with Crippen molar-refractivity contribution < 1.29 is 13.9 Å². The molecule has 1 aromatic rings. The maximum Gasteiger partial charge on any atom is 0.280 e. The van der Waals surface area contributed by atoms with Crippen LogP contribution in [0.3, 0.4) is 0 Å². The Kier molecular flexibility index (Phi) is 2.70. The van der Waals surface area contributed by atoms with Crippen LogP contribution in [0.2, 0.25) is 0 Å². The van der Waals surface area contributed by atoms with E-state index in [9.17, 15) is 8.78 Å². The lowest BCUT2D eigenvalue weighted by molar-refractivity contribution is 0.141. The quantitative estimate of drug-likeness (QED) is 0.739. The minimum absolute atomic E-state index is 0.229. The summed E-state index contributed by atoms with van der Waals surface area (Å²) < 4.78 is 24.4. The minimum atomic E-state index is -2.62. The van der Waals surface area contributed by atoms with Gasteiger partial charge < -0.3 is 5.11 Å². The molecule has 0 radical (unpaired) electrons. The molecule has 0 fully saturated rings. The highest BCUT2D eigenvalue weighted by Crippen LogP contribution is 2.22. The van der Waals surface area contributed by atoms with E-state index in [1.807, 2.05) is 0 Å². The normalized spacial score (nSPS) is 10.8. The van der Waals surface area contributed by atoms with Gasteiger partial charge in [0.05, 0.1) is 6.61 Å². The number of aryl methyl sites for hydroxylation is 1. The topological polar surface area (TPSA) is 33.1 Å². The van der Waals surface area contributed by atoms with Gasteiger partial charge in [-0.1, -0.05) is 0 Å². The second kappa shape index (κ2) is 3.58. The van der Waals surface area contributed by atoms with Gasteiger partial charge >= 0.3 is 0 Å². The molecule has 0 aromatic carbocycles. The SMILES string of the molecule is Cc1ccnc(C(F)F)c1CO. The molecule has 1 aromatic heterocycles. The van der Waals surface area contributed by atoms with Crippen molar-refractivity contribution in [3.05, 3.63) is 29.1 Å². The lowest BCUT2D eigenvalue weighted by atomic mass is 10.1. The third-order valence-corrected chi connectivity index (χ3v) is 1.69. The predicted octanol–water partition coefficient (Wildman–Crippen LogP) is 1.82. The summed E-state index contributed by atoms with van der Waals surface area (Å²) in [6.07, 6.45) is -1.30. The van der Waals surface area contributed by atoms with Crippen LogP contribution in [0.15, 0.2) is 12.3 Å². The van der Waals surface area contributed by atoms with E-state index in [0.29, 0.717) is 5.56 Å². The second-order valence-corrected chi connectivity index (χ2v) is 2.45. The maximum absolute atomic E-state index is 12.2. The van der Waals surface area contributed by atoms with Crippen molar-refractivity contribution in [2.75, 3.05) is 0 Å². The third-order valence-electron chi connectivity index (χ3n) is 1.69. The Labute approximate surface area is 68.9 Å². The van der Waals surface area contributed by atoms with E-state index in [1.165, 1.54) is 6.20 Å². The molecule has 1 N–H and O–H groups in total. The first-order chi connectivity index (χ1) is 5.66. The molecule has 2 nitrogen and oxygen atoms in total. The molecule has 0 aliphatic rings. The maximum atomic E-state index is 12.2. The van der Waals surface area contributed by atoms with E-state index in [-0.39, 0.29) is 17.9 Å². The summed E-state index contributed by atoms with van der Waals surface area (Å²) in [5, 5.41) is 8.77. The highest BCUT2D eigenvalue weighted by Gasteiger charge is 2.14. The number of nitrogens with zero attached hydrogens (tertiary/aromatic N) is 1. The summed E-state index contributed by atoms with van der Waals surface area (Å²) in [7, 11) is 0. The van der Waals surface area contributed by atoms with Gasteiger partial charge in [0.15, 0.2) is 0 Å². The molecule has 0 bridgehead atoms. The molecule has 0 amide bonds. The number of pyridine rings is 1. The standard InChI is InChI=1S/C8H9F2NO/c1-5-2-3-11-7(8(9)10)6(5)4-12/h2-3,8,12H,4H2,1H3. The van der Waals surface area contributed by atoms with E-state index >= 15 is 0 Å². The predicted molar refractivity (Wildman–Crippen MR) is 39.9 cm³/mol. The number of aliphatic hydroxyl groups is 1. The largest absolute Gasteiger partial charge is 0.392 e. The zero-order chi connectivity index (χ0) is 9.14. The first-order valence-electron chi connectivity index (χ1n) is 3.50. The number of alkyl halides is 2. The molecule has 0 aliphatic carbocycles. The Balaban J connectivity index is 3.18. The lowest BCUT2D eigenvalue weighted by Gasteiger charge is -2.07. The van der Waals surface area contributed by atoms with Crippen molar-refractivity contribution >= 4 is 0 Å². The molecule has 0 unspecified atom stereocenters. The summed E-state index contributed by atoms with van der Waals surface area (Å²) in [6.45, 7) is 1.28. The summed E-state index contributed by atoms with van der Waals surface area (Å²) in [5.74, 6) is 0. The average molecular weight is 173 g/mol. The van der Waals surface area contributed by atoms with Gasteiger partial charge in [0.1, 0.15) is 5.69 Å². The summed E-state index contributed by atoms with van der Waals surface area (Å²) in [4.78, 5) is 3.50. The van der Waals surface area contributed by atoms with Gasteiger partial charge in [-0.05, 0) is 18.6 Å². The van der Waals surface area contributed by atoms with Gasteiger partial charge in [-0.3, -0.25) is 4.98 Å². The number of aromatic nitrogens is 1. The molecule has 1 heterocycles. The van der Waals surface area contributed by atoms with Crippen LogP contribution in [-0.4, -0.2) is 10.1 Å². The number of halogens is 2. The van der Waals surface area contributed by atoms with Crippen molar-refractivity contribution in [2.24, 2.45) is 0 Å². The van der Waals surface area contributed by atoms with Gasteiger partial charge in [-0.15, -0.1) is 0 Å². The smallest absolute Gasteiger partial charge is 0.280 e. The van der Waals surface area contributed by atoms with Crippen LogP contribution in [0.1, 0.15) is 23.2 Å². The Morgan fingerprint density at radius 1 is 1.58 bits per heavy atom. The molecular weight excluding hydrogens is 164 g/mol. The summed E-state index contributed by atoms with van der Waals surface area (Å²) >= 11 is 0. The van der Waals surface area contributed by atoms with Crippen LogP contribution in [0.5, 0.6) is 0 Å². The van der Waals surface area contributed by atoms with E-state index in [1.54, 1.807) is 13.0 Å². The van der Waals surface area contributed by atoms with E-state index < -0.39 is 6.43 Å². The number of rotatable bonds is 2. The van der Waals surface area contributed by atoms with E-state index in [2.05, 4.69) is 4.98 Å². The van der Waals surface area contributed by atoms with Gasteiger partial charge in [0.2, 0.25) is 0 Å². The number of aliphatic hydroxyl groups excluding tert-OH is 1. The van der Waals surface area contributed by atoms with Gasteiger partial charge in [-0.25, -0.2) is 8.78 Å². The van der Waals surface area contributed by atoms with Crippen LogP contribution >= 0.6 is 0 Å². The van der Waals surface area contributed by atoms with Crippen molar-refractivity contribution in [1.82, 2.24) is 4.98 Å². The molecule has 66 valence electrons. The Morgan fingerprint density at radius 2 is 2.25 bits per heavy atom. The monoisotopic (exact) mass is 173 g/mol. The fourth-order valence-electron chi connectivity index (χ4n) is 1.00. The summed E-state index contributed by atoms with van der Waals surface area (Å²) in [6, 6.07) is 1.59. The van der Waals surface area contributed by atoms with Crippen LogP contribution in [-0.2, 0) is 6.61 Å². The summed E-state index contributed by atoms with van der Waals surface area (Å²) in [5.41, 5.74) is 0.549. The van der Waals surface area contributed by atoms with E-state index in [4.69, 9.17) is 5.11 Å². The number of hydrogen-bond donors (Lipinski definition) is 1. The van der Waals surface area contributed by atoms with E-state index in [0.717, 1.165) is 0 Å². The highest BCUT2D eigenvalue weighted by atomic mass is 19.3. The fourth-order valence-corrected chi connectivity index (χ4v) is 1.00. The lowest BCUT2D eigenvalue weighted by Crippen LogP contribution is -2.00. The van der Waals surface area contributed by atoms with Gasteiger partial charge in [-0.2, -0.15) is 0 Å². The molecule has 0 saturated heterocycles. The van der Waals surface area contributed by atoms with Crippen molar-refractivity contribution in [2.45, 2.75) is 20.0 Å². The molecule has 1 rings (SSSR count). The molecular formula is C8H9F2NO. The van der Waals surface area contributed by atoms with Crippen molar-refractivity contribution in [3.63, 3.8) is 0 Å². The molecule has 0 aliphatic heterocycles. The average Bonchev–Trinajstić information content (AvgIpc) is 2.03. The molecule has 4 heteroatoms. The Hall–Kier alpha value is -1.03. The molecule has 0 saturated carbocycles. The van der Waals surface area contributed by atoms with Gasteiger partial charge in [0.25, 0.3) is 6.43 Å². The zero-order valence-corrected chi connectivity index (χ0v) is 6.59. The van der Waals surface area contributed by atoms with Crippen LogP contribution in [0.4, 0.5) is 8.78 Å². The fraction of sp³-hybridized carbons (Fsp3) is 0.375.